The number of hydrogen-bond acceptors (Lipinski definition) is 5. The Labute approximate surface area is 161 Å². The zero-order valence-electron chi connectivity index (χ0n) is 15.2. The minimum Gasteiger partial charge on any atom is -0.497 e. The summed E-state index contributed by atoms with van der Waals surface area (Å²) in [7, 11) is 1.62. The summed E-state index contributed by atoms with van der Waals surface area (Å²) in [6.45, 7) is 0.366. The SMILES string of the molecule is COc1ccc(-n2ccc(C(=O)NCc3ccnc(-n4cccn4)c3)n2)cc1. The lowest BCUT2D eigenvalue weighted by Crippen LogP contribution is -2.23. The Hall–Kier alpha value is -3.94. The first kappa shape index (κ1) is 17.5. The summed E-state index contributed by atoms with van der Waals surface area (Å²) < 4.78 is 8.47. The molecule has 1 N–H and O–H groups in total. The van der Waals surface area contributed by atoms with Crippen molar-refractivity contribution >= 4 is 5.91 Å². The van der Waals surface area contributed by atoms with E-state index in [1.807, 2.05) is 48.7 Å². The van der Waals surface area contributed by atoms with Crippen molar-refractivity contribution in [2.45, 2.75) is 6.54 Å². The van der Waals surface area contributed by atoms with Gasteiger partial charge in [-0.05, 0) is 54.1 Å². The number of nitrogens with one attached hydrogen (secondary N) is 1. The smallest absolute Gasteiger partial charge is 0.272 e. The third-order valence-electron chi connectivity index (χ3n) is 4.16. The normalized spacial score (nSPS) is 10.6. The fourth-order valence-corrected chi connectivity index (χ4v) is 2.70. The monoisotopic (exact) mass is 374 g/mol. The summed E-state index contributed by atoms with van der Waals surface area (Å²) in [6.07, 6.45) is 6.95. The van der Waals surface area contributed by atoms with Crippen molar-refractivity contribution in [3.05, 3.63) is 84.6 Å². The molecule has 0 saturated carbocycles. The van der Waals surface area contributed by atoms with Crippen LogP contribution in [0.1, 0.15) is 16.1 Å². The first-order valence-electron chi connectivity index (χ1n) is 8.66. The van der Waals surface area contributed by atoms with E-state index in [1.165, 1.54) is 0 Å². The van der Waals surface area contributed by atoms with Gasteiger partial charge in [-0.1, -0.05) is 0 Å². The van der Waals surface area contributed by atoms with E-state index < -0.39 is 0 Å². The van der Waals surface area contributed by atoms with E-state index >= 15 is 0 Å². The van der Waals surface area contributed by atoms with E-state index in [-0.39, 0.29) is 5.91 Å². The molecule has 0 aliphatic carbocycles. The molecule has 0 aliphatic rings. The van der Waals surface area contributed by atoms with Gasteiger partial charge in [-0.3, -0.25) is 4.79 Å². The molecule has 0 fully saturated rings. The summed E-state index contributed by atoms with van der Waals surface area (Å²) in [5, 5.41) is 11.4. The molecule has 3 aromatic heterocycles. The van der Waals surface area contributed by atoms with Crippen molar-refractivity contribution in [2.75, 3.05) is 7.11 Å². The van der Waals surface area contributed by atoms with Crippen LogP contribution < -0.4 is 10.1 Å². The maximum atomic E-state index is 12.4. The summed E-state index contributed by atoms with van der Waals surface area (Å²) in [6, 6.07) is 14.7. The van der Waals surface area contributed by atoms with E-state index in [0.717, 1.165) is 17.0 Å². The molecule has 4 rings (SSSR count). The Morgan fingerprint density at radius 3 is 2.68 bits per heavy atom. The molecular formula is C20H18N6O2. The molecule has 0 spiro atoms. The standard InChI is InChI=1S/C20H18N6O2/c1-28-17-5-3-16(4-6-17)25-12-8-18(24-25)20(27)22-14-15-7-10-21-19(13-15)26-11-2-9-23-26/h2-13H,14H2,1H3,(H,22,27). The van der Waals surface area contributed by atoms with Gasteiger partial charge in [-0.2, -0.15) is 10.2 Å². The second kappa shape index (κ2) is 7.75. The van der Waals surface area contributed by atoms with Crippen LogP contribution in [-0.2, 0) is 6.54 Å². The minimum absolute atomic E-state index is 0.246. The van der Waals surface area contributed by atoms with E-state index in [2.05, 4.69) is 20.5 Å². The minimum atomic E-state index is -0.246. The summed E-state index contributed by atoms with van der Waals surface area (Å²) >= 11 is 0. The van der Waals surface area contributed by atoms with Gasteiger partial charge >= 0.3 is 0 Å². The van der Waals surface area contributed by atoms with Crippen molar-refractivity contribution in [1.82, 2.24) is 29.9 Å². The van der Waals surface area contributed by atoms with Crippen LogP contribution in [0.15, 0.2) is 73.3 Å². The second-order valence-corrected chi connectivity index (χ2v) is 6.00. The largest absolute Gasteiger partial charge is 0.497 e. The summed E-state index contributed by atoms with van der Waals surface area (Å²) in [5.41, 5.74) is 2.11. The van der Waals surface area contributed by atoms with Crippen molar-refractivity contribution in [2.24, 2.45) is 0 Å². The van der Waals surface area contributed by atoms with Gasteiger partial charge in [0.2, 0.25) is 0 Å². The molecular weight excluding hydrogens is 356 g/mol. The van der Waals surface area contributed by atoms with Crippen LogP contribution in [-0.4, -0.2) is 37.6 Å². The molecule has 1 amide bonds. The van der Waals surface area contributed by atoms with Gasteiger partial charge in [-0.15, -0.1) is 0 Å². The van der Waals surface area contributed by atoms with Gasteiger partial charge in [0.05, 0.1) is 12.8 Å². The third-order valence-corrected chi connectivity index (χ3v) is 4.16. The molecule has 0 unspecified atom stereocenters. The summed E-state index contributed by atoms with van der Waals surface area (Å²) in [4.78, 5) is 16.7. The number of pyridine rings is 1. The van der Waals surface area contributed by atoms with E-state index in [4.69, 9.17) is 4.74 Å². The van der Waals surface area contributed by atoms with Gasteiger partial charge in [0, 0.05) is 31.3 Å². The highest BCUT2D eigenvalue weighted by atomic mass is 16.5. The van der Waals surface area contributed by atoms with E-state index in [0.29, 0.717) is 18.1 Å². The molecule has 4 aromatic rings. The van der Waals surface area contributed by atoms with Gasteiger partial charge < -0.3 is 10.1 Å². The van der Waals surface area contributed by atoms with Crippen LogP contribution in [0.25, 0.3) is 11.5 Å². The molecule has 0 aliphatic heterocycles. The van der Waals surface area contributed by atoms with E-state index in [9.17, 15) is 4.79 Å². The van der Waals surface area contributed by atoms with Crippen LogP contribution >= 0.6 is 0 Å². The predicted octanol–water partition coefficient (Wildman–Crippen LogP) is 2.39. The number of rotatable bonds is 6. The van der Waals surface area contributed by atoms with Crippen molar-refractivity contribution in [3.63, 3.8) is 0 Å². The average molecular weight is 374 g/mol. The highest BCUT2D eigenvalue weighted by Gasteiger charge is 2.10. The number of nitrogens with zero attached hydrogens (tertiary/aromatic N) is 5. The predicted molar refractivity (Wildman–Crippen MR) is 103 cm³/mol. The fourth-order valence-electron chi connectivity index (χ4n) is 2.70. The maximum Gasteiger partial charge on any atom is 0.272 e. The van der Waals surface area contributed by atoms with E-state index in [1.54, 1.807) is 41.1 Å². The zero-order chi connectivity index (χ0) is 19.3. The highest BCUT2D eigenvalue weighted by molar-refractivity contribution is 5.92. The molecule has 8 nitrogen and oxygen atoms in total. The molecule has 0 radical (unpaired) electrons. The molecule has 1 aromatic carbocycles. The lowest BCUT2D eigenvalue weighted by molar-refractivity contribution is 0.0945. The number of carbonyl (C=O) groups is 1. The molecule has 0 saturated heterocycles. The Balaban J connectivity index is 1.42. The summed E-state index contributed by atoms with van der Waals surface area (Å²) in [5.74, 6) is 1.21. The molecule has 8 heteroatoms. The highest BCUT2D eigenvalue weighted by Crippen LogP contribution is 2.14. The number of ether oxygens (including phenoxy) is 1. The Morgan fingerprint density at radius 1 is 1.07 bits per heavy atom. The first-order valence-corrected chi connectivity index (χ1v) is 8.66. The van der Waals surface area contributed by atoms with Gasteiger partial charge in [-0.25, -0.2) is 14.3 Å². The van der Waals surface area contributed by atoms with Crippen LogP contribution in [0.5, 0.6) is 5.75 Å². The molecule has 0 bridgehead atoms. The quantitative estimate of drug-likeness (QED) is 0.560. The zero-order valence-corrected chi connectivity index (χ0v) is 15.2. The first-order chi connectivity index (χ1) is 13.7. The number of hydrogen-bond donors (Lipinski definition) is 1. The van der Waals surface area contributed by atoms with Crippen LogP contribution in [0.4, 0.5) is 0 Å². The Morgan fingerprint density at radius 2 is 1.93 bits per heavy atom. The number of methoxy groups -OCH3 is 1. The second-order valence-electron chi connectivity index (χ2n) is 6.00. The Bertz CT molecular complexity index is 1070. The van der Waals surface area contributed by atoms with Gasteiger partial charge in [0.1, 0.15) is 5.75 Å². The Kier molecular flexibility index (Phi) is 4.83. The third kappa shape index (κ3) is 3.75. The van der Waals surface area contributed by atoms with Crippen LogP contribution in [0, 0.1) is 0 Å². The number of amides is 1. The number of aromatic nitrogens is 5. The lowest BCUT2D eigenvalue weighted by atomic mass is 10.2. The van der Waals surface area contributed by atoms with Crippen LogP contribution in [0.3, 0.4) is 0 Å². The van der Waals surface area contributed by atoms with Crippen molar-refractivity contribution < 1.29 is 9.53 Å². The molecule has 0 atom stereocenters. The topological polar surface area (TPSA) is 86.9 Å². The number of benzene rings is 1. The van der Waals surface area contributed by atoms with Crippen molar-refractivity contribution in [3.8, 4) is 17.3 Å². The van der Waals surface area contributed by atoms with Crippen molar-refractivity contribution in [1.29, 1.82) is 0 Å². The molecule has 28 heavy (non-hydrogen) atoms. The molecule has 140 valence electrons. The van der Waals surface area contributed by atoms with Crippen LogP contribution in [0.2, 0.25) is 0 Å². The maximum absolute atomic E-state index is 12.4. The van der Waals surface area contributed by atoms with Gasteiger partial charge in [0.15, 0.2) is 11.5 Å². The lowest BCUT2D eigenvalue weighted by Gasteiger charge is -2.06. The average Bonchev–Trinajstić information content (AvgIpc) is 3.45. The number of carbonyl (C=O) groups excluding carboxylic acids is 1. The molecule has 3 heterocycles. The van der Waals surface area contributed by atoms with Gasteiger partial charge in [0.25, 0.3) is 5.91 Å². The fraction of sp³-hybridized carbons (Fsp3) is 0.100.